The molecule has 1 aliphatic rings. The van der Waals surface area contributed by atoms with Crippen LogP contribution in [0.25, 0.3) is 0 Å². The van der Waals surface area contributed by atoms with E-state index < -0.39 is 11.5 Å². The van der Waals surface area contributed by atoms with E-state index in [-0.39, 0.29) is 36.4 Å². The van der Waals surface area contributed by atoms with Gasteiger partial charge in [-0.15, -0.1) is 0 Å². The molecule has 0 aliphatic carbocycles. The van der Waals surface area contributed by atoms with E-state index in [1.807, 2.05) is 0 Å². The fourth-order valence-corrected chi connectivity index (χ4v) is 3.56. The summed E-state index contributed by atoms with van der Waals surface area (Å²) in [5.74, 6) is -0.935. The van der Waals surface area contributed by atoms with E-state index in [0.717, 1.165) is 5.56 Å². The zero-order chi connectivity index (χ0) is 18.8. The largest absolute Gasteiger partial charge is 0.466 e. The lowest BCUT2D eigenvalue weighted by molar-refractivity contribution is -0.159. The van der Waals surface area contributed by atoms with Crippen molar-refractivity contribution < 1.29 is 18.7 Å². The molecule has 1 heterocycles. The lowest BCUT2D eigenvalue weighted by Crippen LogP contribution is -2.53. The molecular weight excluding hydrogens is 323 g/mol. The van der Waals surface area contributed by atoms with E-state index in [9.17, 15) is 14.0 Å². The van der Waals surface area contributed by atoms with Crippen LogP contribution in [0.2, 0.25) is 0 Å². The molecule has 0 radical (unpaired) electrons. The molecule has 0 unspecified atom stereocenters. The number of esters is 1. The van der Waals surface area contributed by atoms with Crippen LogP contribution in [0.15, 0.2) is 24.3 Å². The first-order valence-electron chi connectivity index (χ1n) is 8.70. The Kier molecular flexibility index (Phi) is 5.83. The van der Waals surface area contributed by atoms with Crippen molar-refractivity contribution in [3.05, 3.63) is 35.6 Å². The number of nitrogens with two attached hydrogens (primary N) is 1. The van der Waals surface area contributed by atoms with Gasteiger partial charge < -0.3 is 15.4 Å². The number of carbonyl (C=O) groups is 2. The van der Waals surface area contributed by atoms with Gasteiger partial charge in [-0.1, -0.05) is 12.1 Å². The minimum Gasteiger partial charge on any atom is -0.466 e. The first-order chi connectivity index (χ1) is 11.7. The number of hydrogen-bond donors (Lipinski definition) is 1. The summed E-state index contributed by atoms with van der Waals surface area (Å²) >= 11 is 0. The molecule has 25 heavy (non-hydrogen) atoms. The Balaban J connectivity index is 2.41. The van der Waals surface area contributed by atoms with E-state index in [4.69, 9.17) is 10.5 Å². The van der Waals surface area contributed by atoms with Crippen LogP contribution < -0.4 is 5.73 Å². The van der Waals surface area contributed by atoms with Crippen LogP contribution in [0.5, 0.6) is 0 Å². The van der Waals surface area contributed by atoms with Crippen LogP contribution in [0.3, 0.4) is 0 Å². The van der Waals surface area contributed by atoms with Crippen molar-refractivity contribution in [3.63, 3.8) is 0 Å². The lowest BCUT2D eigenvalue weighted by atomic mass is 9.82. The van der Waals surface area contributed by atoms with E-state index >= 15 is 0 Å². The Hall–Kier alpha value is -1.95. The first-order valence-corrected chi connectivity index (χ1v) is 8.70. The summed E-state index contributed by atoms with van der Waals surface area (Å²) in [6, 6.07) is 4.89. The van der Waals surface area contributed by atoms with Crippen LogP contribution in [-0.2, 0) is 14.3 Å². The van der Waals surface area contributed by atoms with E-state index in [1.54, 1.807) is 44.7 Å². The smallest absolute Gasteiger partial charge is 0.313 e. The molecule has 1 aliphatic heterocycles. The second-order valence-corrected chi connectivity index (χ2v) is 7.14. The number of ether oxygens (including phenoxy) is 1. The molecule has 138 valence electrons. The SMILES string of the molecule is CCOC(=O)C(C)(C)[C@H]1CC[C@@H](c2cccc(F)c2)N1C(=O)[C@@H](C)N. The molecule has 1 aromatic rings. The Labute approximate surface area is 148 Å². The molecule has 0 spiro atoms. The monoisotopic (exact) mass is 350 g/mol. The molecule has 0 saturated carbocycles. The molecule has 0 bridgehead atoms. The third kappa shape index (κ3) is 3.84. The van der Waals surface area contributed by atoms with Gasteiger partial charge in [0.05, 0.1) is 24.1 Å². The number of amides is 1. The van der Waals surface area contributed by atoms with Gasteiger partial charge in [0.2, 0.25) is 5.91 Å². The Morgan fingerprint density at radius 1 is 1.40 bits per heavy atom. The standard InChI is InChI=1S/C19H27FN2O3/c1-5-25-18(24)19(3,4)16-10-9-15(22(16)17(23)12(2)21)13-7-6-8-14(20)11-13/h6-8,11-12,15-16H,5,9-10,21H2,1-4H3/t12-,15+,16-/m1/s1. The quantitative estimate of drug-likeness (QED) is 0.829. The highest BCUT2D eigenvalue weighted by molar-refractivity contribution is 5.84. The number of likely N-dealkylation sites (tertiary alicyclic amines) is 1. The highest BCUT2D eigenvalue weighted by Gasteiger charge is 2.49. The Morgan fingerprint density at radius 3 is 2.64 bits per heavy atom. The van der Waals surface area contributed by atoms with E-state index in [1.165, 1.54) is 12.1 Å². The maximum atomic E-state index is 13.7. The number of halogens is 1. The maximum absolute atomic E-state index is 13.7. The zero-order valence-electron chi connectivity index (χ0n) is 15.3. The number of nitrogens with zero attached hydrogens (tertiary/aromatic N) is 1. The molecule has 3 atom stereocenters. The average Bonchev–Trinajstić information content (AvgIpc) is 2.99. The highest BCUT2D eigenvalue weighted by Crippen LogP contribution is 2.44. The predicted octanol–water partition coefficient (Wildman–Crippen LogP) is 2.79. The molecule has 2 rings (SSSR count). The van der Waals surface area contributed by atoms with Gasteiger partial charge in [0.1, 0.15) is 5.82 Å². The highest BCUT2D eigenvalue weighted by atomic mass is 19.1. The van der Waals surface area contributed by atoms with Crippen molar-refractivity contribution in [2.45, 2.75) is 58.7 Å². The number of benzene rings is 1. The lowest BCUT2D eigenvalue weighted by Gasteiger charge is -2.39. The van der Waals surface area contributed by atoms with Crippen molar-refractivity contribution >= 4 is 11.9 Å². The van der Waals surface area contributed by atoms with E-state index in [0.29, 0.717) is 12.8 Å². The summed E-state index contributed by atoms with van der Waals surface area (Å²) in [4.78, 5) is 26.9. The molecule has 2 N–H and O–H groups in total. The minimum atomic E-state index is -0.872. The molecule has 0 aromatic heterocycles. The second kappa shape index (κ2) is 7.52. The van der Waals surface area contributed by atoms with Crippen molar-refractivity contribution in [1.82, 2.24) is 4.90 Å². The van der Waals surface area contributed by atoms with E-state index in [2.05, 4.69) is 0 Å². The molecule has 1 amide bonds. The molecule has 1 fully saturated rings. The molecule has 5 nitrogen and oxygen atoms in total. The van der Waals surface area contributed by atoms with Crippen molar-refractivity contribution in [3.8, 4) is 0 Å². The Morgan fingerprint density at radius 2 is 2.08 bits per heavy atom. The number of rotatable bonds is 5. The number of hydrogen-bond acceptors (Lipinski definition) is 4. The fourth-order valence-electron chi connectivity index (χ4n) is 3.56. The van der Waals surface area contributed by atoms with Crippen LogP contribution >= 0.6 is 0 Å². The normalized spacial score (nSPS) is 21.9. The van der Waals surface area contributed by atoms with Crippen molar-refractivity contribution in [2.75, 3.05) is 6.61 Å². The summed E-state index contributed by atoms with van der Waals surface area (Å²) in [5.41, 5.74) is 5.69. The minimum absolute atomic E-state index is 0.242. The van der Waals surface area contributed by atoms with Gasteiger partial charge >= 0.3 is 5.97 Å². The van der Waals surface area contributed by atoms with Crippen molar-refractivity contribution in [2.24, 2.45) is 11.1 Å². The van der Waals surface area contributed by atoms with Crippen LogP contribution in [0, 0.1) is 11.2 Å². The maximum Gasteiger partial charge on any atom is 0.313 e. The van der Waals surface area contributed by atoms with Gasteiger partial charge in [0, 0.05) is 6.04 Å². The topological polar surface area (TPSA) is 72.6 Å². The third-order valence-electron chi connectivity index (χ3n) is 4.90. The summed E-state index contributed by atoms with van der Waals surface area (Å²) < 4.78 is 18.9. The van der Waals surface area contributed by atoms with Gasteiger partial charge in [0.15, 0.2) is 0 Å². The third-order valence-corrected chi connectivity index (χ3v) is 4.90. The van der Waals surface area contributed by atoms with Crippen LogP contribution in [0.1, 0.15) is 52.1 Å². The van der Waals surface area contributed by atoms with Crippen LogP contribution in [0.4, 0.5) is 4.39 Å². The summed E-state index contributed by atoms with van der Waals surface area (Å²) in [5, 5.41) is 0. The fraction of sp³-hybridized carbons (Fsp3) is 0.579. The van der Waals surface area contributed by atoms with Crippen molar-refractivity contribution in [1.29, 1.82) is 0 Å². The summed E-state index contributed by atoms with van der Waals surface area (Å²) in [7, 11) is 0. The Bertz CT molecular complexity index is 645. The molecule has 6 heteroatoms. The molecule has 1 aromatic carbocycles. The average molecular weight is 350 g/mol. The van der Waals surface area contributed by atoms with Gasteiger partial charge in [-0.05, 0) is 58.2 Å². The zero-order valence-corrected chi connectivity index (χ0v) is 15.3. The van der Waals surface area contributed by atoms with Crippen LogP contribution in [-0.4, -0.2) is 35.5 Å². The van der Waals surface area contributed by atoms with Gasteiger partial charge in [0.25, 0.3) is 0 Å². The first kappa shape index (κ1) is 19.4. The van der Waals surface area contributed by atoms with Gasteiger partial charge in [-0.2, -0.15) is 0 Å². The molecule has 1 saturated heterocycles. The second-order valence-electron chi connectivity index (χ2n) is 7.14. The summed E-state index contributed by atoms with van der Waals surface area (Å²) in [6.45, 7) is 7.22. The van der Waals surface area contributed by atoms with Gasteiger partial charge in [-0.25, -0.2) is 4.39 Å². The summed E-state index contributed by atoms with van der Waals surface area (Å²) in [6.07, 6.45) is 1.28. The molecular formula is C19H27FN2O3. The number of carbonyl (C=O) groups excluding carboxylic acids is 2. The predicted molar refractivity (Wildman–Crippen MR) is 93.1 cm³/mol. The van der Waals surface area contributed by atoms with Gasteiger partial charge in [-0.3, -0.25) is 9.59 Å².